The van der Waals surface area contributed by atoms with Crippen molar-refractivity contribution in [3.63, 3.8) is 0 Å². The van der Waals surface area contributed by atoms with E-state index < -0.39 is 0 Å². The summed E-state index contributed by atoms with van der Waals surface area (Å²) >= 11 is 0. The molecule has 0 fully saturated rings. The summed E-state index contributed by atoms with van der Waals surface area (Å²) in [4.78, 5) is 29.7. The Hall–Kier alpha value is -1.89. The molecule has 2 N–H and O–H groups in total. The Bertz CT molecular complexity index is 768. The number of aromatic nitrogens is 4. The molecule has 1 atom stereocenters. The van der Waals surface area contributed by atoms with Crippen LogP contribution in [-0.4, -0.2) is 25.2 Å². The van der Waals surface area contributed by atoms with Crippen LogP contribution in [0.15, 0.2) is 9.59 Å². The number of fused-ring (bicyclic) bond motifs is 1. The van der Waals surface area contributed by atoms with Crippen LogP contribution in [0.3, 0.4) is 0 Å². The van der Waals surface area contributed by atoms with Crippen molar-refractivity contribution in [1.82, 2.24) is 18.7 Å². The van der Waals surface area contributed by atoms with E-state index in [1.807, 2.05) is 20.8 Å². The Labute approximate surface area is 123 Å². The average molecular weight is 293 g/mol. The molecule has 0 saturated heterocycles. The van der Waals surface area contributed by atoms with Crippen LogP contribution in [-0.2, 0) is 13.6 Å². The largest absolute Gasteiger partial charge is 0.332 e. The van der Waals surface area contributed by atoms with Gasteiger partial charge < -0.3 is 10.3 Å². The van der Waals surface area contributed by atoms with Gasteiger partial charge in [0.2, 0.25) is 0 Å². The minimum atomic E-state index is -0.298. The Morgan fingerprint density at radius 2 is 2.00 bits per heavy atom. The summed E-state index contributed by atoms with van der Waals surface area (Å²) in [6.07, 6.45) is 1.39. The maximum Gasteiger partial charge on any atom is 0.332 e. The van der Waals surface area contributed by atoms with E-state index in [-0.39, 0.29) is 17.3 Å². The number of rotatable bonds is 5. The fourth-order valence-corrected chi connectivity index (χ4v) is 2.46. The fraction of sp³-hybridized carbons (Fsp3) is 0.643. The molecule has 2 aromatic rings. The van der Waals surface area contributed by atoms with Gasteiger partial charge in [-0.2, -0.15) is 0 Å². The number of aryl methyl sites for hydroxylation is 2. The van der Waals surface area contributed by atoms with E-state index >= 15 is 0 Å². The summed E-state index contributed by atoms with van der Waals surface area (Å²) in [6.45, 7) is 6.58. The van der Waals surface area contributed by atoms with E-state index in [4.69, 9.17) is 5.73 Å². The normalized spacial score (nSPS) is 13.0. The van der Waals surface area contributed by atoms with Crippen LogP contribution in [0, 0.1) is 6.92 Å². The number of imidazole rings is 1. The van der Waals surface area contributed by atoms with Gasteiger partial charge in [-0.3, -0.25) is 13.9 Å². The van der Waals surface area contributed by atoms with Gasteiger partial charge in [0.1, 0.15) is 5.82 Å². The standard InChI is InChI=1S/C14H23N5O2/c1-5-9(2)19-12-11(17(4)10(3)16-12)13(20)18(14(19)21)8-6-7-15/h9H,5-8,15H2,1-4H3. The first-order chi connectivity index (χ1) is 9.93. The van der Waals surface area contributed by atoms with Gasteiger partial charge in [0.25, 0.3) is 5.56 Å². The summed E-state index contributed by atoms with van der Waals surface area (Å²) in [7, 11) is 1.80. The molecule has 0 aliphatic heterocycles. The molecule has 0 saturated carbocycles. The van der Waals surface area contributed by atoms with Crippen LogP contribution >= 0.6 is 0 Å². The van der Waals surface area contributed by atoms with Crippen molar-refractivity contribution in [1.29, 1.82) is 0 Å². The van der Waals surface area contributed by atoms with Crippen molar-refractivity contribution in [2.75, 3.05) is 6.54 Å². The highest BCUT2D eigenvalue weighted by molar-refractivity contribution is 5.71. The lowest BCUT2D eigenvalue weighted by molar-refractivity contribution is 0.478. The first kappa shape index (κ1) is 15.5. The van der Waals surface area contributed by atoms with Crippen LogP contribution in [0.1, 0.15) is 38.6 Å². The number of nitrogens with zero attached hydrogens (tertiary/aromatic N) is 4. The summed E-state index contributed by atoms with van der Waals surface area (Å²) < 4.78 is 4.65. The van der Waals surface area contributed by atoms with Crippen molar-refractivity contribution < 1.29 is 0 Å². The third kappa shape index (κ3) is 2.42. The summed E-state index contributed by atoms with van der Waals surface area (Å²) in [5.41, 5.74) is 5.87. The molecule has 0 amide bonds. The zero-order valence-electron chi connectivity index (χ0n) is 13.1. The first-order valence-corrected chi connectivity index (χ1v) is 7.32. The molecule has 0 radical (unpaired) electrons. The molecule has 2 rings (SSSR count). The second-order valence-corrected chi connectivity index (χ2v) is 5.40. The quantitative estimate of drug-likeness (QED) is 0.870. The Kier molecular flexibility index (Phi) is 4.32. The van der Waals surface area contributed by atoms with E-state index in [1.54, 1.807) is 16.2 Å². The maximum absolute atomic E-state index is 12.7. The fourth-order valence-electron chi connectivity index (χ4n) is 2.46. The third-order valence-corrected chi connectivity index (χ3v) is 4.03. The number of hydrogen-bond donors (Lipinski definition) is 1. The molecule has 0 aliphatic rings. The molecular formula is C14H23N5O2. The van der Waals surface area contributed by atoms with Gasteiger partial charge in [-0.15, -0.1) is 0 Å². The molecule has 0 bridgehead atoms. The summed E-state index contributed by atoms with van der Waals surface area (Å²) in [5, 5.41) is 0. The molecule has 0 spiro atoms. The topological polar surface area (TPSA) is 87.8 Å². The maximum atomic E-state index is 12.7. The predicted octanol–water partition coefficient (Wildman–Crippen LogP) is 0.525. The van der Waals surface area contributed by atoms with Gasteiger partial charge in [-0.05, 0) is 33.2 Å². The van der Waals surface area contributed by atoms with E-state index in [1.165, 1.54) is 4.57 Å². The van der Waals surface area contributed by atoms with Crippen molar-refractivity contribution in [2.45, 2.75) is 46.2 Å². The zero-order valence-corrected chi connectivity index (χ0v) is 13.1. The lowest BCUT2D eigenvalue weighted by Crippen LogP contribution is -2.41. The first-order valence-electron chi connectivity index (χ1n) is 7.32. The highest BCUT2D eigenvalue weighted by atomic mass is 16.2. The van der Waals surface area contributed by atoms with E-state index in [0.29, 0.717) is 30.7 Å². The van der Waals surface area contributed by atoms with Gasteiger partial charge in [-0.1, -0.05) is 6.92 Å². The average Bonchev–Trinajstić information content (AvgIpc) is 2.74. The highest BCUT2D eigenvalue weighted by Crippen LogP contribution is 2.15. The Balaban J connectivity index is 2.90. The summed E-state index contributed by atoms with van der Waals surface area (Å²) in [5.74, 6) is 0.718. The molecule has 7 heteroatoms. The summed E-state index contributed by atoms with van der Waals surface area (Å²) in [6, 6.07) is -0.0148. The van der Waals surface area contributed by atoms with Crippen LogP contribution in [0.25, 0.3) is 11.2 Å². The lowest BCUT2D eigenvalue weighted by Gasteiger charge is -2.16. The third-order valence-electron chi connectivity index (χ3n) is 4.03. The molecule has 2 aromatic heterocycles. The lowest BCUT2D eigenvalue weighted by atomic mass is 10.2. The minimum absolute atomic E-state index is 0.0148. The second-order valence-electron chi connectivity index (χ2n) is 5.40. The van der Waals surface area contributed by atoms with E-state index in [2.05, 4.69) is 4.98 Å². The minimum Gasteiger partial charge on any atom is -0.330 e. The van der Waals surface area contributed by atoms with Gasteiger partial charge in [0, 0.05) is 19.6 Å². The Morgan fingerprint density at radius 1 is 1.33 bits per heavy atom. The van der Waals surface area contributed by atoms with Gasteiger partial charge in [-0.25, -0.2) is 9.78 Å². The van der Waals surface area contributed by atoms with Crippen LogP contribution in [0.4, 0.5) is 0 Å². The second kappa shape index (κ2) is 5.85. The van der Waals surface area contributed by atoms with Crippen LogP contribution < -0.4 is 17.0 Å². The van der Waals surface area contributed by atoms with Crippen LogP contribution in [0.5, 0.6) is 0 Å². The zero-order chi connectivity index (χ0) is 15.7. The van der Waals surface area contributed by atoms with Gasteiger partial charge in [0.05, 0.1) is 0 Å². The SMILES string of the molecule is CCC(C)n1c(=O)n(CCCN)c(=O)c2c1nc(C)n2C. The van der Waals surface area contributed by atoms with Gasteiger partial charge >= 0.3 is 5.69 Å². The number of nitrogens with two attached hydrogens (primary N) is 1. The molecular weight excluding hydrogens is 270 g/mol. The Morgan fingerprint density at radius 3 is 2.57 bits per heavy atom. The monoisotopic (exact) mass is 293 g/mol. The molecule has 0 aliphatic carbocycles. The van der Waals surface area contributed by atoms with E-state index in [0.717, 1.165) is 12.2 Å². The molecule has 2 heterocycles. The van der Waals surface area contributed by atoms with Crippen molar-refractivity contribution in [2.24, 2.45) is 12.8 Å². The highest BCUT2D eigenvalue weighted by Gasteiger charge is 2.20. The predicted molar refractivity (Wildman–Crippen MR) is 82.6 cm³/mol. The van der Waals surface area contributed by atoms with E-state index in [9.17, 15) is 9.59 Å². The number of hydrogen-bond acceptors (Lipinski definition) is 4. The van der Waals surface area contributed by atoms with Crippen molar-refractivity contribution >= 4 is 11.2 Å². The molecule has 7 nitrogen and oxygen atoms in total. The molecule has 0 aromatic carbocycles. The van der Waals surface area contributed by atoms with Gasteiger partial charge in [0.15, 0.2) is 11.2 Å². The van der Waals surface area contributed by atoms with Crippen molar-refractivity contribution in [3.8, 4) is 0 Å². The molecule has 21 heavy (non-hydrogen) atoms. The van der Waals surface area contributed by atoms with Crippen molar-refractivity contribution in [3.05, 3.63) is 26.7 Å². The molecule has 116 valence electrons. The smallest absolute Gasteiger partial charge is 0.330 e. The van der Waals surface area contributed by atoms with Crippen LogP contribution in [0.2, 0.25) is 0 Å². The molecule has 1 unspecified atom stereocenters.